The number of hydrogen-bond acceptors (Lipinski definition) is 4. The minimum atomic E-state index is 0.375. The van der Waals surface area contributed by atoms with Gasteiger partial charge in [0, 0.05) is 18.3 Å². The topological polar surface area (TPSA) is 50.5 Å². The lowest BCUT2D eigenvalue weighted by molar-refractivity contribution is 0.150. The zero-order valence-electron chi connectivity index (χ0n) is 12.9. The molecule has 0 unspecified atom stereocenters. The molecule has 1 saturated heterocycles. The molecule has 2 rings (SSSR count). The summed E-state index contributed by atoms with van der Waals surface area (Å²) in [6, 6.07) is 5.93. The molecule has 112 valence electrons. The third-order valence-corrected chi connectivity index (χ3v) is 4.23. The van der Waals surface area contributed by atoms with Crippen LogP contribution in [0.15, 0.2) is 18.2 Å². The summed E-state index contributed by atoms with van der Waals surface area (Å²) in [6.07, 6.45) is 2.48. The number of ether oxygens (including phenoxy) is 1. The third kappa shape index (κ3) is 3.79. The zero-order chi connectivity index (χ0) is 14.6. The lowest BCUT2D eigenvalue weighted by Crippen LogP contribution is -2.40. The second-order valence-corrected chi connectivity index (χ2v) is 6.15. The molecule has 0 aromatic heterocycles. The molecule has 1 aromatic carbocycles. The van der Waals surface area contributed by atoms with Gasteiger partial charge in [0.15, 0.2) is 0 Å². The van der Waals surface area contributed by atoms with Crippen molar-refractivity contribution in [1.29, 1.82) is 0 Å². The van der Waals surface area contributed by atoms with Crippen molar-refractivity contribution in [3.8, 4) is 5.75 Å². The fourth-order valence-corrected chi connectivity index (χ4v) is 2.58. The second-order valence-electron chi connectivity index (χ2n) is 6.15. The maximum Gasteiger partial charge on any atom is 0.144 e. The van der Waals surface area contributed by atoms with Gasteiger partial charge in [0.25, 0.3) is 0 Å². The monoisotopic (exact) mass is 277 g/mol. The van der Waals surface area contributed by atoms with E-state index in [9.17, 15) is 0 Å². The first-order valence-corrected chi connectivity index (χ1v) is 7.47. The molecule has 1 heterocycles. The van der Waals surface area contributed by atoms with Crippen LogP contribution in [0.2, 0.25) is 0 Å². The Morgan fingerprint density at radius 2 is 2.05 bits per heavy atom. The smallest absolute Gasteiger partial charge is 0.144 e. The van der Waals surface area contributed by atoms with Crippen molar-refractivity contribution in [1.82, 2.24) is 4.90 Å². The molecule has 0 spiro atoms. The number of likely N-dealkylation sites (tertiary alicyclic amines) is 1. The Kier molecular flexibility index (Phi) is 4.76. The number of nitrogens with zero attached hydrogens (tertiary/aromatic N) is 1. The van der Waals surface area contributed by atoms with Gasteiger partial charge in [-0.25, -0.2) is 0 Å². The molecule has 0 aliphatic carbocycles. The molecule has 1 aliphatic heterocycles. The highest BCUT2D eigenvalue weighted by Crippen LogP contribution is 2.32. The predicted molar refractivity (Wildman–Crippen MR) is 85.4 cm³/mol. The second kappa shape index (κ2) is 6.35. The Balaban J connectivity index is 1.95. The Labute approximate surface area is 122 Å². The number of anilines is 2. The number of nitrogens with one attached hydrogen (secondary N) is 1. The van der Waals surface area contributed by atoms with Gasteiger partial charge in [-0.15, -0.1) is 0 Å². The van der Waals surface area contributed by atoms with Crippen molar-refractivity contribution >= 4 is 11.4 Å². The third-order valence-electron chi connectivity index (χ3n) is 4.23. The highest BCUT2D eigenvalue weighted by molar-refractivity contribution is 5.61. The molecule has 0 bridgehead atoms. The van der Waals surface area contributed by atoms with E-state index in [1.165, 1.54) is 25.9 Å². The van der Waals surface area contributed by atoms with Crippen molar-refractivity contribution in [2.45, 2.75) is 26.7 Å². The van der Waals surface area contributed by atoms with Crippen LogP contribution in [0.3, 0.4) is 0 Å². The summed E-state index contributed by atoms with van der Waals surface area (Å²) >= 11 is 0. The maximum absolute atomic E-state index is 5.90. The van der Waals surface area contributed by atoms with Gasteiger partial charge < -0.3 is 20.7 Å². The molecule has 0 amide bonds. The SMILES string of the molecule is CCOc1cc(NCC2(C)CCN(C)CC2)ccc1N. The normalized spacial score (nSPS) is 18.8. The van der Waals surface area contributed by atoms with E-state index in [1.807, 2.05) is 25.1 Å². The summed E-state index contributed by atoms with van der Waals surface area (Å²) in [5, 5.41) is 3.54. The number of benzene rings is 1. The molecular formula is C16H27N3O. The standard InChI is InChI=1S/C16H27N3O/c1-4-20-15-11-13(5-6-14(15)17)18-12-16(2)7-9-19(3)10-8-16/h5-6,11,18H,4,7-10,12,17H2,1-3H3. The molecule has 0 saturated carbocycles. The first kappa shape index (κ1) is 15.0. The van der Waals surface area contributed by atoms with Crippen LogP contribution < -0.4 is 15.8 Å². The Morgan fingerprint density at radius 1 is 1.35 bits per heavy atom. The summed E-state index contributed by atoms with van der Waals surface area (Å²) in [5.41, 5.74) is 8.06. The van der Waals surface area contributed by atoms with Crippen molar-refractivity contribution in [2.24, 2.45) is 5.41 Å². The van der Waals surface area contributed by atoms with Crippen LogP contribution in [0, 0.1) is 5.41 Å². The van der Waals surface area contributed by atoms with Crippen LogP contribution in [0.4, 0.5) is 11.4 Å². The number of nitrogens with two attached hydrogens (primary N) is 1. The Hall–Kier alpha value is -1.42. The minimum absolute atomic E-state index is 0.375. The fourth-order valence-electron chi connectivity index (χ4n) is 2.58. The van der Waals surface area contributed by atoms with Crippen molar-refractivity contribution in [3.63, 3.8) is 0 Å². The molecular weight excluding hydrogens is 250 g/mol. The molecule has 20 heavy (non-hydrogen) atoms. The number of hydrogen-bond donors (Lipinski definition) is 2. The molecule has 0 atom stereocenters. The lowest BCUT2D eigenvalue weighted by Gasteiger charge is -2.38. The first-order valence-electron chi connectivity index (χ1n) is 7.47. The first-order chi connectivity index (χ1) is 9.52. The molecule has 1 fully saturated rings. The lowest BCUT2D eigenvalue weighted by atomic mass is 9.80. The summed E-state index contributed by atoms with van der Waals surface area (Å²) in [5.74, 6) is 0.769. The van der Waals surface area contributed by atoms with Crippen LogP contribution in [0.1, 0.15) is 26.7 Å². The van der Waals surface area contributed by atoms with E-state index < -0.39 is 0 Å². The molecule has 3 N–H and O–H groups in total. The van der Waals surface area contributed by atoms with Crippen molar-refractivity contribution in [2.75, 3.05) is 44.3 Å². The Morgan fingerprint density at radius 3 is 2.70 bits per heavy atom. The average Bonchev–Trinajstić information content (AvgIpc) is 2.44. The summed E-state index contributed by atoms with van der Waals surface area (Å²) < 4.78 is 5.54. The van der Waals surface area contributed by atoms with E-state index in [0.717, 1.165) is 18.0 Å². The summed E-state index contributed by atoms with van der Waals surface area (Å²) in [4.78, 5) is 2.40. The van der Waals surface area contributed by atoms with E-state index in [4.69, 9.17) is 10.5 Å². The molecule has 1 aliphatic rings. The van der Waals surface area contributed by atoms with Gasteiger partial charge in [0.1, 0.15) is 5.75 Å². The van der Waals surface area contributed by atoms with Crippen LogP contribution >= 0.6 is 0 Å². The fraction of sp³-hybridized carbons (Fsp3) is 0.625. The van der Waals surface area contributed by atoms with Gasteiger partial charge in [-0.2, -0.15) is 0 Å². The van der Waals surface area contributed by atoms with Crippen LogP contribution in [0.5, 0.6) is 5.75 Å². The van der Waals surface area contributed by atoms with Gasteiger partial charge in [0.05, 0.1) is 12.3 Å². The van der Waals surface area contributed by atoms with Gasteiger partial charge in [-0.3, -0.25) is 0 Å². The maximum atomic E-state index is 5.90. The largest absolute Gasteiger partial charge is 0.492 e. The highest BCUT2D eigenvalue weighted by atomic mass is 16.5. The van der Waals surface area contributed by atoms with Crippen LogP contribution in [0.25, 0.3) is 0 Å². The van der Waals surface area contributed by atoms with Gasteiger partial charge in [-0.1, -0.05) is 6.92 Å². The molecule has 4 nitrogen and oxygen atoms in total. The quantitative estimate of drug-likeness (QED) is 0.813. The van der Waals surface area contributed by atoms with E-state index >= 15 is 0 Å². The van der Waals surface area contributed by atoms with Crippen LogP contribution in [-0.4, -0.2) is 38.2 Å². The summed E-state index contributed by atoms with van der Waals surface area (Å²) in [7, 11) is 2.20. The van der Waals surface area contributed by atoms with Crippen molar-refractivity contribution in [3.05, 3.63) is 18.2 Å². The average molecular weight is 277 g/mol. The number of nitrogen functional groups attached to an aromatic ring is 1. The van der Waals surface area contributed by atoms with Gasteiger partial charge in [0.2, 0.25) is 0 Å². The van der Waals surface area contributed by atoms with Crippen molar-refractivity contribution < 1.29 is 4.74 Å². The van der Waals surface area contributed by atoms with E-state index in [0.29, 0.717) is 17.7 Å². The zero-order valence-corrected chi connectivity index (χ0v) is 12.9. The molecule has 1 aromatic rings. The van der Waals surface area contributed by atoms with E-state index in [-0.39, 0.29) is 0 Å². The van der Waals surface area contributed by atoms with E-state index in [1.54, 1.807) is 0 Å². The molecule has 4 heteroatoms. The van der Waals surface area contributed by atoms with Gasteiger partial charge in [-0.05, 0) is 57.5 Å². The predicted octanol–water partition coefficient (Wildman–Crippen LogP) is 2.81. The van der Waals surface area contributed by atoms with Crippen LogP contribution in [-0.2, 0) is 0 Å². The minimum Gasteiger partial charge on any atom is -0.492 e. The number of piperidine rings is 1. The van der Waals surface area contributed by atoms with Gasteiger partial charge >= 0.3 is 0 Å². The Bertz CT molecular complexity index is 439. The molecule has 0 radical (unpaired) electrons. The van der Waals surface area contributed by atoms with E-state index in [2.05, 4.69) is 24.2 Å². The summed E-state index contributed by atoms with van der Waals surface area (Å²) in [6.45, 7) is 8.34. The number of rotatable bonds is 5. The highest BCUT2D eigenvalue weighted by Gasteiger charge is 2.28.